The van der Waals surface area contributed by atoms with Gasteiger partial charge in [0.1, 0.15) is 6.61 Å². The second-order valence-electron chi connectivity index (χ2n) is 3.76. The second-order valence-corrected chi connectivity index (χ2v) is 4.19. The predicted molar refractivity (Wildman–Crippen MR) is 65.7 cm³/mol. The Morgan fingerprint density at radius 2 is 2.12 bits per heavy atom. The van der Waals surface area contributed by atoms with Crippen LogP contribution >= 0.6 is 11.6 Å². The zero-order valence-corrected chi connectivity index (χ0v) is 10.1. The average Bonchev–Trinajstić information content (AvgIpc) is 2.76. The monoisotopic (exact) mass is 252 g/mol. The summed E-state index contributed by atoms with van der Waals surface area (Å²) in [6, 6.07) is 7.34. The van der Waals surface area contributed by atoms with Gasteiger partial charge in [-0.3, -0.25) is 0 Å². The van der Waals surface area contributed by atoms with E-state index in [4.69, 9.17) is 21.4 Å². The van der Waals surface area contributed by atoms with E-state index in [1.807, 2.05) is 12.1 Å². The molecule has 2 aromatic rings. The Kier molecular flexibility index (Phi) is 3.66. The van der Waals surface area contributed by atoms with E-state index in [-0.39, 0.29) is 6.61 Å². The Hall–Kier alpha value is -1.52. The van der Waals surface area contributed by atoms with Crippen LogP contribution in [0.5, 0.6) is 5.75 Å². The van der Waals surface area contributed by atoms with Crippen LogP contribution in [-0.2, 0) is 0 Å². The number of ether oxygens (including phenoxy) is 1. The number of hydrogen-bond acceptors (Lipinski definition) is 3. The highest BCUT2D eigenvalue weighted by Gasteiger charge is 2.03. The molecule has 5 heteroatoms. The van der Waals surface area contributed by atoms with Gasteiger partial charge in [0.15, 0.2) is 5.75 Å². The topological polar surface area (TPSA) is 47.3 Å². The van der Waals surface area contributed by atoms with Crippen LogP contribution in [0.1, 0.15) is 6.92 Å². The van der Waals surface area contributed by atoms with Crippen LogP contribution in [0.3, 0.4) is 0 Å². The maximum absolute atomic E-state index is 9.10. The van der Waals surface area contributed by atoms with Crippen molar-refractivity contribution in [3.63, 3.8) is 0 Å². The molecular formula is C12H13ClN2O2. The molecule has 1 N–H and O–H groups in total. The summed E-state index contributed by atoms with van der Waals surface area (Å²) in [4.78, 5) is 0. The molecule has 1 atom stereocenters. The van der Waals surface area contributed by atoms with Crippen molar-refractivity contribution in [1.29, 1.82) is 0 Å². The van der Waals surface area contributed by atoms with Gasteiger partial charge in [-0.15, -0.1) is 0 Å². The Bertz CT molecular complexity index is 480. The highest BCUT2D eigenvalue weighted by molar-refractivity contribution is 6.30. The van der Waals surface area contributed by atoms with E-state index in [9.17, 15) is 0 Å². The smallest absolute Gasteiger partial charge is 0.157 e. The van der Waals surface area contributed by atoms with Gasteiger partial charge in [0.2, 0.25) is 0 Å². The number of aliphatic hydroxyl groups excluding tert-OH is 1. The van der Waals surface area contributed by atoms with Gasteiger partial charge in [-0.2, -0.15) is 5.10 Å². The number of rotatable bonds is 4. The van der Waals surface area contributed by atoms with Crippen LogP contribution in [0.25, 0.3) is 5.69 Å². The molecule has 0 amide bonds. The third-order valence-corrected chi connectivity index (χ3v) is 2.39. The van der Waals surface area contributed by atoms with Crippen LogP contribution in [0.2, 0.25) is 5.02 Å². The molecule has 0 saturated carbocycles. The summed E-state index contributed by atoms with van der Waals surface area (Å²) < 4.78 is 7.02. The molecule has 4 nitrogen and oxygen atoms in total. The Balaban J connectivity index is 2.10. The lowest BCUT2D eigenvalue weighted by Crippen LogP contribution is -2.12. The number of halogens is 1. The summed E-state index contributed by atoms with van der Waals surface area (Å²) in [5.74, 6) is 0.626. The lowest BCUT2D eigenvalue weighted by molar-refractivity contribution is 0.122. The SMILES string of the molecule is CC(O)COc1cnn(-c2ccc(Cl)cc2)c1. The Labute approximate surface area is 104 Å². The van der Waals surface area contributed by atoms with Crippen molar-refractivity contribution in [2.45, 2.75) is 13.0 Å². The first-order valence-corrected chi connectivity index (χ1v) is 5.64. The molecule has 0 aliphatic carbocycles. The van der Waals surface area contributed by atoms with Gasteiger partial charge in [-0.25, -0.2) is 4.68 Å². The summed E-state index contributed by atoms with van der Waals surface area (Å²) in [5, 5.41) is 13.9. The van der Waals surface area contributed by atoms with Gasteiger partial charge in [-0.05, 0) is 31.2 Å². The second kappa shape index (κ2) is 5.21. The molecule has 1 heterocycles. The molecule has 0 saturated heterocycles. The van der Waals surface area contributed by atoms with Crippen LogP contribution in [0.4, 0.5) is 0 Å². The minimum Gasteiger partial charge on any atom is -0.488 e. The van der Waals surface area contributed by atoms with Crippen LogP contribution in [0, 0.1) is 0 Å². The third kappa shape index (κ3) is 3.22. The van der Waals surface area contributed by atoms with E-state index in [2.05, 4.69) is 5.10 Å². The molecule has 1 aromatic heterocycles. The van der Waals surface area contributed by atoms with E-state index in [1.165, 1.54) is 0 Å². The largest absolute Gasteiger partial charge is 0.488 e. The summed E-state index contributed by atoms with van der Waals surface area (Å²) in [7, 11) is 0. The first kappa shape index (κ1) is 12.0. The molecule has 0 aliphatic rings. The molecule has 0 spiro atoms. The van der Waals surface area contributed by atoms with E-state index in [0.29, 0.717) is 10.8 Å². The summed E-state index contributed by atoms with van der Waals surface area (Å²) in [6.07, 6.45) is 2.87. The summed E-state index contributed by atoms with van der Waals surface area (Å²) >= 11 is 5.81. The van der Waals surface area contributed by atoms with Crippen molar-refractivity contribution in [3.8, 4) is 11.4 Å². The number of aliphatic hydroxyl groups is 1. The molecular weight excluding hydrogens is 240 g/mol. The van der Waals surface area contributed by atoms with Gasteiger partial charge in [0, 0.05) is 5.02 Å². The maximum Gasteiger partial charge on any atom is 0.157 e. The van der Waals surface area contributed by atoms with Crippen molar-refractivity contribution in [2.75, 3.05) is 6.61 Å². The molecule has 90 valence electrons. The van der Waals surface area contributed by atoms with Crippen molar-refractivity contribution >= 4 is 11.6 Å². The number of aromatic nitrogens is 2. The minimum absolute atomic E-state index is 0.256. The fourth-order valence-electron chi connectivity index (χ4n) is 1.33. The van der Waals surface area contributed by atoms with Gasteiger partial charge in [0.25, 0.3) is 0 Å². The molecule has 1 aromatic carbocycles. The van der Waals surface area contributed by atoms with Crippen molar-refractivity contribution < 1.29 is 9.84 Å². The van der Waals surface area contributed by atoms with Crippen molar-refractivity contribution in [1.82, 2.24) is 9.78 Å². The van der Waals surface area contributed by atoms with Crippen molar-refractivity contribution in [3.05, 3.63) is 41.7 Å². The molecule has 0 bridgehead atoms. The fraction of sp³-hybridized carbons (Fsp3) is 0.250. The minimum atomic E-state index is -0.492. The zero-order valence-electron chi connectivity index (χ0n) is 9.38. The third-order valence-electron chi connectivity index (χ3n) is 2.14. The lowest BCUT2D eigenvalue weighted by Gasteiger charge is -2.04. The van der Waals surface area contributed by atoms with Crippen LogP contribution in [-0.4, -0.2) is 27.6 Å². The van der Waals surface area contributed by atoms with Gasteiger partial charge in [0.05, 0.1) is 24.2 Å². The molecule has 2 rings (SSSR count). The normalized spacial score (nSPS) is 12.4. The first-order valence-electron chi connectivity index (χ1n) is 5.26. The standard InChI is InChI=1S/C12H13ClN2O2/c1-9(16)8-17-12-6-14-15(7-12)11-4-2-10(13)3-5-11/h2-7,9,16H,8H2,1H3. The van der Waals surface area contributed by atoms with E-state index >= 15 is 0 Å². The molecule has 1 unspecified atom stereocenters. The Morgan fingerprint density at radius 3 is 2.76 bits per heavy atom. The molecule has 0 radical (unpaired) electrons. The van der Waals surface area contributed by atoms with Gasteiger partial charge < -0.3 is 9.84 Å². The van der Waals surface area contributed by atoms with Gasteiger partial charge >= 0.3 is 0 Å². The van der Waals surface area contributed by atoms with Crippen LogP contribution < -0.4 is 4.74 Å². The average molecular weight is 253 g/mol. The maximum atomic E-state index is 9.10. The van der Waals surface area contributed by atoms with E-state index < -0.39 is 6.10 Å². The van der Waals surface area contributed by atoms with E-state index in [1.54, 1.807) is 36.1 Å². The fourth-order valence-corrected chi connectivity index (χ4v) is 1.46. The summed E-state index contributed by atoms with van der Waals surface area (Å²) in [5.41, 5.74) is 0.904. The number of benzene rings is 1. The lowest BCUT2D eigenvalue weighted by atomic mass is 10.3. The molecule has 0 aliphatic heterocycles. The molecule has 0 fully saturated rings. The molecule has 17 heavy (non-hydrogen) atoms. The van der Waals surface area contributed by atoms with E-state index in [0.717, 1.165) is 5.69 Å². The van der Waals surface area contributed by atoms with Gasteiger partial charge in [-0.1, -0.05) is 11.6 Å². The Morgan fingerprint density at radius 1 is 1.41 bits per heavy atom. The highest BCUT2D eigenvalue weighted by atomic mass is 35.5. The zero-order chi connectivity index (χ0) is 12.3. The predicted octanol–water partition coefficient (Wildman–Crippen LogP) is 2.29. The van der Waals surface area contributed by atoms with Crippen LogP contribution in [0.15, 0.2) is 36.7 Å². The first-order chi connectivity index (χ1) is 8.15. The highest BCUT2D eigenvalue weighted by Crippen LogP contribution is 2.16. The quantitative estimate of drug-likeness (QED) is 0.908. The number of hydrogen-bond donors (Lipinski definition) is 1. The summed E-state index contributed by atoms with van der Waals surface area (Å²) in [6.45, 7) is 1.93. The number of nitrogens with zero attached hydrogens (tertiary/aromatic N) is 2. The van der Waals surface area contributed by atoms with Crippen molar-refractivity contribution in [2.24, 2.45) is 0 Å².